The van der Waals surface area contributed by atoms with Gasteiger partial charge in [-0.15, -0.1) is 0 Å². The van der Waals surface area contributed by atoms with E-state index in [1.165, 1.54) is 5.56 Å². The molecule has 1 aromatic heterocycles. The van der Waals surface area contributed by atoms with Crippen LogP contribution in [0.25, 0.3) is 0 Å². The minimum absolute atomic E-state index is 0.0142. The summed E-state index contributed by atoms with van der Waals surface area (Å²) in [7, 11) is 1.90. The lowest BCUT2D eigenvalue weighted by Crippen LogP contribution is -2.16. The second-order valence-corrected chi connectivity index (χ2v) is 6.32. The zero-order valence-electron chi connectivity index (χ0n) is 14.9. The highest BCUT2D eigenvalue weighted by Crippen LogP contribution is 2.20. The Morgan fingerprint density at radius 3 is 2.40 bits per heavy atom. The van der Waals surface area contributed by atoms with Crippen LogP contribution in [0.5, 0.6) is 0 Å². The summed E-state index contributed by atoms with van der Waals surface area (Å²) >= 11 is 0. The van der Waals surface area contributed by atoms with Crippen LogP contribution in [0.3, 0.4) is 0 Å². The molecule has 0 atom stereocenters. The third-order valence-corrected chi connectivity index (χ3v) is 4.53. The first-order valence-electron chi connectivity index (χ1n) is 8.45. The van der Waals surface area contributed by atoms with Gasteiger partial charge in [-0.25, -0.2) is 0 Å². The quantitative estimate of drug-likeness (QED) is 0.772. The number of nitrogens with one attached hydrogen (secondary N) is 1. The lowest BCUT2D eigenvalue weighted by Gasteiger charge is -2.11. The standard InChI is InChI=1S/C21H23N3O/c1-15-19(16(2)24(3)23-15)14-21(25)22-20-12-8-7-11-18(20)13-17-9-5-4-6-10-17/h4-12H,13-14H2,1-3H3,(H,22,25). The summed E-state index contributed by atoms with van der Waals surface area (Å²) in [5, 5.41) is 7.45. The Hall–Kier alpha value is -2.88. The molecule has 0 spiro atoms. The van der Waals surface area contributed by atoms with Crippen LogP contribution in [0.1, 0.15) is 28.1 Å². The molecule has 25 heavy (non-hydrogen) atoms. The third-order valence-electron chi connectivity index (χ3n) is 4.53. The van der Waals surface area contributed by atoms with Gasteiger partial charge >= 0.3 is 0 Å². The number of aromatic nitrogens is 2. The van der Waals surface area contributed by atoms with E-state index < -0.39 is 0 Å². The van der Waals surface area contributed by atoms with Crippen LogP contribution in [0.2, 0.25) is 0 Å². The Balaban J connectivity index is 1.75. The molecule has 2 aromatic carbocycles. The number of nitrogens with zero attached hydrogens (tertiary/aromatic N) is 2. The van der Waals surface area contributed by atoms with Gasteiger partial charge in [0.25, 0.3) is 0 Å². The normalized spacial score (nSPS) is 10.7. The van der Waals surface area contributed by atoms with Gasteiger partial charge in [-0.1, -0.05) is 48.5 Å². The molecular formula is C21H23N3O. The molecule has 1 amide bonds. The topological polar surface area (TPSA) is 46.9 Å². The maximum Gasteiger partial charge on any atom is 0.228 e. The van der Waals surface area contributed by atoms with Gasteiger partial charge in [0, 0.05) is 24.0 Å². The lowest BCUT2D eigenvalue weighted by molar-refractivity contribution is -0.115. The summed E-state index contributed by atoms with van der Waals surface area (Å²) in [5.74, 6) is -0.0142. The molecule has 128 valence electrons. The molecule has 3 rings (SSSR count). The molecule has 0 saturated heterocycles. The fourth-order valence-electron chi connectivity index (χ4n) is 3.04. The Kier molecular flexibility index (Phi) is 4.98. The molecule has 1 N–H and O–H groups in total. The van der Waals surface area contributed by atoms with Gasteiger partial charge in [0.05, 0.1) is 12.1 Å². The van der Waals surface area contributed by atoms with Crippen LogP contribution >= 0.6 is 0 Å². The van der Waals surface area contributed by atoms with Crippen molar-refractivity contribution in [2.75, 3.05) is 5.32 Å². The van der Waals surface area contributed by atoms with Crippen molar-refractivity contribution in [3.05, 3.63) is 82.7 Å². The van der Waals surface area contributed by atoms with Crippen molar-refractivity contribution >= 4 is 11.6 Å². The largest absolute Gasteiger partial charge is 0.326 e. The number of carbonyl (C=O) groups is 1. The lowest BCUT2D eigenvalue weighted by atomic mass is 10.0. The second-order valence-electron chi connectivity index (χ2n) is 6.32. The van der Waals surface area contributed by atoms with E-state index in [0.717, 1.165) is 34.6 Å². The van der Waals surface area contributed by atoms with Crippen LogP contribution in [0.4, 0.5) is 5.69 Å². The van der Waals surface area contributed by atoms with Gasteiger partial charge in [-0.05, 0) is 37.5 Å². The van der Waals surface area contributed by atoms with Crippen molar-refractivity contribution in [1.29, 1.82) is 0 Å². The second kappa shape index (κ2) is 7.34. The van der Waals surface area contributed by atoms with E-state index in [1.54, 1.807) is 0 Å². The van der Waals surface area contributed by atoms with Crippen molar-refractivity contribution in [3.63, 3.8) is 0 Å². The van der Waals surface area contributed by atoms with Crippen molar-refractivity contribution in [2.24, 2.45) is 7.05 Å². The first-order valence-corrected chi connectivity index (χ1v) is 8.45. The fraction of sp³-hybridized carbons (Fsp3) is 0.238. The molecule has 0 unspecified atom stereocenters. The summed E-state index contributed by atoms with van der Waals surface area (Å²) in [6.45, 7) is 3.94. The first-order chi connectivity index (χ1) is 12.0. The van der Waals surface area contributed by atoms with Crippen molar-refractivity contribution in [1.82, 2.24) is 9.78 Å². The average molecular weight is 333 g/mol. The molecule has 3 aromatic rings. The molecule has 0 saturated carbocycles. The van der Waals surface area contributed by atoms with Crippen LogP contribution in [0.15, 0.2) is 54.6 Å². The average Bonchev–Trinajstić information content (AvgIpc) is 2.84. The summed E-state index contributed by atoms with van der Waals surface area (Å²) in [4.78, 5) is 12.6. The zero-order valence-corrected chi connectivity index (χ0v) is 14.9. The van der Waals surface area contributed by atoms with Gasteiger partial charge < -0.3 is 5.32 Å². The minimum atomic E-state index is -0.0142. The van der Waals surface area contributed by atoms with Crippen LogP contribution in [-0.2, 0) is 24.7 Å². The molecular weight excluding hydrogens is 310 g/mol. The monoisotopic (exact) mass is 333 g/mol. The van der Waals surface area contributed by atoms with E-state index in [-0.39, 0.29) is 5.91 Å². The van der Waals surface area contributed by atoms with Gasteiger partial charge in [-0.3, -0.25) is 9.48 Å². The number of amides is 1. The van der Waals surface area contributed by atoms with Crippen LogP contribution in [0, 0.1) is 13.8 Å². The van der Waals surface area contributed by atoms with E-state index in [0.29, 0.717) is 6.42 Å². The summed E-state index contributed by atoms with van der Waals surface area (Å²) in [5.41, 5.74) is 6.15. The Morgan fingerprint density at radius 2 is 1.72 bits per heavy atom. The Labute approximate surface area is 148 Å². The number of rotatable bonds is 5. The molecule has 0 aliphatic heterocycles. The van der Waals surface area contributed by atoms with E-state index in [2.05, 4.69) is 28.6 Å². The number of aryl methyl sites for hydroxylation is 2. The maximum absolute atomic E-state index is 12.6. The Bertz CT molecular complexity index is 881. The first kappa shape index (κ1) is 17.0. The smallest absolute Gasteiger partial charge is 0.228 e. The van der Waals surface area contributed by atoms with Crippen LogP contribution < -0.4 is 5.32 Å². The molecule has 0 aliphatic rings. The third kappa shape index (κ3) is 3.97. The molecule has 0 radical (unpaired) electrons. The Morgan fingerprint density at radius 1 is 1.04 bits per heavy atom. The minimum Gasteiger partial charge on any atom is -0.326 e. The van der Waals surface area contributed by atoms with Gasteiger partial charge in [0.1, 0.15) is 0 Å². The van der Waals surface area contributed by atoms with Crippen molar-refractivity contribution in [3.8, 4) is 0 Å². The number of benzene rings is 2. The predicted molar refractivity (Wildman–Crippen MR) is 101 cm³/mol. The summed E-state index contributed by atoms with van der Waals surface area (Å²) in [6, 6.07) is 18.2. The number of para-hydroxylation sites is 1. The molecule has 4 nitrogen and oxygen atoms in total. The number of hydrogen-bond donors (Lipinski definition) is 1. The molecule has 0 fully saturated rings. The molecule has 0 aliphatic carbocycles. The zero-order chi connectivity index (χ0) is 17.8. The number of carbonyl (C=O) groups excluding carboxylic acids is 1. The number of anilines is 1. The highest BCUT2D eigenvalue weighted by molar-refractivity contribution is 5.93. The van der Waals surface area contributed by atoms with E-state index >= 15 is 0 Å². The van der Waals surface area contributed by atoms with Gasteiger partial charge in [0.2, 0.25) is 5.91 Å². The number of hydrogen-bond acceptors (Lipinski definition) is 2. The highest BCUT2D eigenvalue weighted by atomic mass is 16.1. The maximum atomic E-state index is 12.6. The van der Waals surface area contributed by atoms with Crippen molar-refractivity contribution < 1.29 is 4.79 Å². The molecule has 4 heteroatoms. The highest BCUT2D eigenvalue weighted by Gasteiger charge is 2.14. The molecule has 0 bridgehead atoms. The van der Waals surface area contributed by atoms with Gasteiger partial charge in [-0.2, -0.15) is 5.10 Å². The van der Waals surface area contributed by atoms with E-state index in [4.69, 9.17) is 0 Å². The van der Waals surface area contributed by atoms with Crippen LogP contribution in [-0.4, -0.2) is 15.7 Å². The van der Waals surface area contributed by atoms with E-state index in [9.17, 15) is 4.79 Å². The molecule has 1 heterocycles. The van der Waals surface area contributed by atoms with Crippen molar-refractivity contribution in [2.45, 2.75) is 26.7 Å². The van der Waals surface area contributed by atoms with E-state index in [1.807, 2.05) is 62.0 Å². The summed E-state index contributed by atoms with van der Waals surface area (Å²) in [6.07, 6.45) is 1.13. The SMILES string of the molecule is Cc1nn(C)c(C)c1CC(=O)Nc1ccccc1Cc1ccccc1. The summed E-state index contributed by atoms with van der Waals surface area (Å²) < 4.78 is 1.82. The predicted octanol–water partition coefficient (Wildman–Crippen LogP) is 3.81. The van der Waals surface area contributed by atoms with Gasteiger partial charge in [0.15, 0.2) is 0 Å². The fourth-order valence-corrected chi connectivity index (χ4v) is 3.04.